The van der Waals surface area contributed by atoms with E-state index in [1.165, 1.54) is 12.8 Å². The van der Waals surface area contributed by atoms with Crippen molar-refractivity contribution in [2.75, 3.05) is 19.8 Å². The van der Waals surface area contributed by atoms with Gasteiger partial charge in [0, 0.05) is 25.4 Å². The molecule has 0 amide bonds. The monoisotopic (exact) mass is 250 g/mol. The van der Waals surface area contributed by atoms with Crippen LogP contribution in [0.1, 0.15) is 24.2 Å². The van der Waals surface area contributed by atoms with Gasteiger partial charge in [-0.15, -0.1) is 0 Å². The van der Waals surface area contributed by atoms with Crippen molar-refractivity contribution in [3.63, 3.8) is 0 Å². The summed E-state index contributed by atoms with van der Waals surface area (Å²) >= 11 is 0. The van der Waals surface area contributed by atoms with Crippen LogP contribution in [0.3, 0.4) is 0 Å². The number of hydrogen-bond acceptors (Lipinski definition) is 4. The van der Waals surface area contributed by atoms with E-state index < -0.39 is 6.10 Å². The third-order valence-electron chi connectivity index (χ3n) is 2.99. The molecule has 0 aliphatic heterocycles. The van der Waals surface area contributed by atoms with Gasteiger partial charge in [-0.05, 0) is 37.8 Å². The molecule has 4 heteroatoms. The molecule has 1 atom stereocenters. The molecule has 1 heterocycles. The third kappa shape index (κ3) is 5.12. The molecule has 2 rings (SSSR count). The number of hydrogen-bond donors (Lipinski definition) is 2. The summed E-state index contributed by atoms with van der Waals surface area (Å²) in [6.45, 7) is 4.42. The minimum absolute atomic E-state index is 0.421. The molecule has 18 heavy (non-hydrogen) atoms. The van der Waals surface area contributed by atoms with Crippen LogP contribution in [0.2, 0.25) is 0 Å². The van der Waals surface area contributed by atoms with Gasteiger partial charge in [0.2, 0.25) is 0 Å². The van der Waals surface area contributed by atoms with Crippen molar-refractivity contribution in [2.45, 2.75) is 32.4 Å². The van der Waals surface area contributed by atoms with Crippen LogP contribution in [0, 0.1) is 12.8 Å². The highest BCUT2D eigenvalue weighted by molar-refractivity contribution is 5.09. The number of pyridine rings is 1. The van der Waals surface area contributed by atoms with Gasteiger partial charge in [0.25, 0.3) is 0 Å². The van der Waals surface area contributed by atoms with Crippen LogP contribution in [-0.2, 0) is 11.3 Å². The van der Waals surface area contributed by atoms with E-state index in [1.807, 2.05) is 25.1 Å². The number of aryl methyl sites for hydroxylation is 1. The van der Waals surface area contributed by atoms with Crippen LogP contribution >= 0.6 is 0 Å². The van der Waals surface area contributed by atoms with Gasteiger partial charge in [0.1, 0.15) is 0 Å². The fourth-order valence-corrected chi connectivity index (χ4v) is 1.78. The van der Waals surface area contributed by atoms with E-state index in [0.717, 1.165) is 23.9 Å². The Labute approximate surface area is 108 Å². The molecule has 1 fully saturated rings. The first kappa shape index (κ1) is 13.5. The fraction of sp³-hybridized carbons (Fsp3) is 0.643. The maximum atomic E-state index is 9.71. The normalized spacial score (nSPS) is 16.8. The van der Waals surface area contributed by atoms with E-state index in [4.69, 9.17) is 4.74 Å². The van der Waals surface area contributed by atoms with Crippen molar-refractivity contribution >= 4 is 0 Å². The van der Waals surface area contributed by atoms with Gasteiger partial charge in [0.15, 0.2) is 0 Å². The molecule has 0 spiro atoms. The lowest BCUT2D eigenvalue weighted by atomic mass is 10.3. The average molecular weight is 250 g/mol. The van der Waals surface area contributed by atoms with Crippen LogP contribution in [0.5, 0.6) is 0 Å². The molecule has 4 nitrogen and oxygen atoms in total. The molecule has 0 saturated heterocycles. The number of aliphatic hydroxyl groups is 1. The molecule has 1 aromatic heterocycles. The predicted molar refractivity (Wildman–Crippen MR) is 70.2 cm³/mol. The molecule has 1 aliphatic rings. The van der Waals surface area contributed by atoms with Gasteiger partial charge >= 0.3 is 0 Å². The van der Waals surface area contributed by atoms with E-state index in [-0.39, 0.29) is 0 Å². The fourth-order valence-electron chi connectivity index (χ4n) is 1.78. The Hall–Kier alpha value is -0.970. The molecule has 2 N–H and O–H groups in total. The number of aliphatic hydroxyl groups excluding tert-OH is 1. The quantitative estimate of drug-likeness (QED) is 0.729. The summed E-state index contributed by atoms with van der Waals surface area (Å²) < 4.78 is 5.44. The van der Waals surface area contributed by atoms with Gasteiger partial charge in [-0.3, -0.25) is 4.98 Å². The zero-order valence-electron chi connectivity index (χ0n) is 10.9. The minimum Gasteiger partial charge on any atom is -0.389 e. The number of aromatic nitrogens is 1. The SMILES string of the molecule is Cc1cccc(CNCC(O)COCC2CC2)n1. The van der Waals surface area contributed by atoms with Crippen LogP contribution in [0.4, 0.5) is 0 Å². The van der Waals surface area contributed by atoms with E-state index in [2.05, 4.69) is 10.3 Å². The Morgan fingerprint density at radius 3 is 3.06 bits per heavy atom. The standard InChI is InChI=1S/C14H22N2O2/c1-11-3-2-4-13(16-11)7-15-8-14(17)10-18-9-12-5-6-12/h2-4,12,14-15,17H,5-10H2,1H3. The van der Waals surface area contributed by atoms with Crippen LogP contribution < -0.4 is 5.32 Å². The van der Waals surface area contributed by atoms with Gasteiger partial charge in [-0.1, -0.05) is 6.07 Å². The second-order valence-electron chi connectivity index (χ2n) is 5.04. The highest BCUT2D eigenvalue weighted by atomic mass is 16.5. The molecule has 0 bridgehead atoms. The van der Waals surface area contributed by atoms with E-state index in [1.54, 1.807) is 0 Å². The first-order valence-electron chi connectivity index (χ1n) is 6.63. The minimum atomic E-state index is -0.437. The Kier molecular flexibility index (Phi) is 5.11. The predicted octanol–water partition coefficient (Wildman–Crippen LogP) is 1.27. The lowest BCUT2D eigenvalue weighted by molar-refractivity contribution is 0.0324. The molecule has 1 aromatic rings. The zero-order chi connectivity index (χ0) is 12.8. The smallest absolute Gasteiger partial charge is 0.0897 e. The highest BCUT2D eigenvalue weighted by Crippen LogP contribution is 2.28. The van der Waals surface area contributed by atoms with Crippen LogP contribution in [-0.4, -0.2) is 36.0 Å². The summed E-state index contributed by atoms with van der Waals surface area (Å²) in [7, 11) is 0. The van der Waals surface area contributed by atoms with Crippen LogP contribution in [0.15, 0.2) is 18.2 Å². The van der Waals surface area contributed by atoms with Crippen molar-refractivity contribution in [2.24, 2.45) is 5.92 Å². The molecule has 1 aliphatic carbocycles. The molecular weight excluding hydrogens is 228 g/mol. The third-order valence-corrected chi connectivity index (χ3v) is 2.99. The second-order valence-corrected chi connectivity index (χ2v) is 5.04. The Bertz CT molecular complexity index is 367. The largest absolute Gasteiger partial charge is 0.389 e. The average Bonchev–Trinajstić information content (AvgIpc) is 3.13. The summed E-state index contributed by atoms with van der Waals surface area (Å²) in [6, 6.07) is 5.95. The molecule has 0 radical (unpaired) electrons. The maximum absolute atomic E-state index is 9.71. The number of rotatable bonds is 8. The summed E-state index contributed by atoms with van der Waals surface area (Å²) in [4.78, 5) is 4.39. The number of nitrogens with zero attached hydrogens (tertiary/aromatic N) is 1. The summed E-state index contributed by atoms with van der Waals surface area (Å²) in [5.74, 6) is 0.752. The lowest BCUT2D eigenvalue weighted by Crippen LogP contribution is -2.30. The molecule has 1 unspecified atom stereocenters. The molecule has 1 saturated carbocycles. The molecular formula is C14H22N2O2. The van der Waals surface area contributed by atoms with Gasteiger partial charge in [-0.25, -0.2) is 0 Å². The van der Waals surface area contributed by atoms with Crippen molar-refractivity contribution in [1.82, 2.24) is 10.3 Å². The van der Waals surface area contributed by atoms with Crippen molar-refractivity contribution in [1.29, 1.82) is 0 Å². The first-order valence-corrected chi connectivity index (χ1v) is 6.63. The summed E-state index contributed by atoms with van der Waals surface area (Å²) in [5, 5.41) is 12.9. The molecule has 0 aromatic carbocycles. The topological polar surface area (TPSA) is 54.4 Å². The summed E-state index contributed by atoms with van der Waals surface area (Å²) in [6.07, 6.45) is 2.13. The Balaban J connectivity index is 1.56. The highest BCUT2D eigenvalue weighted by Gasteiger charge is 2.21. The Morgan fingerprint density at radius 2 is 2.33 bits per heavy atom. The second kappa shape index (κ2) is 6.83. The van der Waals surface area contributed by atoms with Gasteiger partial charge in [-0.2, -0.15) is 0 Å². The number of ether oxygens (including phenoxy) is 1. The Morgan fingerprint density at radius 1 is 1.50 bits per heavy atom. The first-order chi connectivity index (χ1) is 8.74. The lowest BCUT2D eigenvalue weighted by Gasteiger charge is -2.12. The molecule has 100 valence electrons. The summed E-state index contributed by atoms with van der Waals surface area (Å²) in [5.41, 5.74) is 2.02. The zero-order valence-corrected chi connectivity index (χ0v) is 10.9. The van der Waals surface area contributed by atoms with Crippen LogP contribution in [0.25, 0.3) is 0 Å². The van der Waals surface area contributed by atoms with Crippen molar-refractivity contribution < 1.29 is 9.84 Å². The van der Waals surface area contributed by atoms with E-state index >= 15 is 0 Å². The maximum Gasteiger partial charge on any atom is 0.0897 e. The van der Waals surface area contributed by atoms with E-state index in [9.17, 15) is 5.11 Å². The van der Waals surface area contributed by atoms with Gasteiger partial charge < -0.3 is 15.2 Å². The van der Waals surface area contributed by atoms with Crippen molar-refractivity contribution in [3.8, 4) is 0 Å². The van der Waals surface area contributed by atoms with E-state index in [0.29, 0.717) is 19.7 Å². The van der Waals surface area contributed by atoms with Crippen molar-refractivity contribution in [3.05, 3.63) is 29.6 Å². The van der Waals surface area contributed by atoms with Gasteiger partial charge in [0.05, 0.1) is 18.4 Å². The number of nitrogens with one attached hydrogen (secondary N) is 1.